The van der Waals surface area contributed by atoms with E-state index in [1.54, 1.807) is 16.4 Å². The second-order valence-electron chi connectivity index (χ2n) is 14.5. The molecule has 0 N–H and O–H groups in total. The molecule has 2 aromatic rings. The summed E-state index contributed by atoms with van der Waals surface area (Å²) in [5.74, 6) is 1.48. The van der Waals surface area contributed by atoms with Crippen molar-refractivity contribution in [3.8, 4) is 11.1 Å². The van der Waals surface area contributed by atoms with Crippen molar-refractivity contribution in [1.82, 2.24) is 0 Å². The highest BCUT2D eigenvalue weighted by atomic mass is 31.1. The predicted molar refractivity (Wildman–Crippen MR) is 166 cm³/mol. The predicted octanol–water partition coefficient (Wildman–Crippen LogP) is 9.15. The third kappa shape index (κ3) is 6.40. The maximum Gasteiger partial charge on any atom is 0.170 e. The molecular weight excluding hydrogens is 483 g/mol. The van der Waals surface area contributed by atoms with E-state index in [0.717, 1.165) is 45.3 Å². The molecule has 0 atom stereocenters. The minimum absolute atomic E-state index is 0.103. The van der Waals surface area contributed by atoms with Crippen LogP contribution in [0.25, 0.3) is 11.1 Å². The Morgan fingerprint density at radius 2 is 1.18 bits per heavy atom. The smallest absolute Gasteiger partial charge is 0.170 e. The van der Waals surface area contributed by atoms with E-state index in [9.17, 15) is 0 Å². The molecule has 2 fully saturated rings. The summed E-state index contributed by atoms with van der Waals surface area (Å²) in [6.07, 6.45) is 5.32. The van der Waals surface area contributed by atoms with Crippen LogP contribution in [0.2, 0.25) is 0 Å². The van der Waals surface area contributed by atoms with Gasteiger partial charge in [0.2, 0.25) is 0 Å². The summed E-state index contributed by atoms with van der Waals surface area (Å²) in [5, 5.41) is 1.77. The minimum Gasteiger partial charge on any atom is -0.347 e. The van der Waals surface area contributed by atoms with Gasteiger partial charge in [0.1, 0.15) is 0 Å². The Bertz CT molecular complexity index is 1050. The van der Waals surface area contributed by atoms with Crippen LogP contribution in [0.4, 0.5) is 0 Å². The van der Waals surface area contributed by atoms with Crippen molar-refractivity contribution in [3.05, 3.63) is 53.1 Å². The van der Waals surface area contributed by atoms with Gasteiger partial charge < -0.3 is 9.47 Å². The van der Waals surface area contributed by atoms with Gasteiger partial charge in [-0.15, -0.1) is 0 Å². The number of benzene rings is 2. The average Bonchev–Trinajstić information content (AvgIpc) is 3.18. The first-order chi connectivity index (χ1) is 17.7. The fourth-order valence-corrected chi connectivity index (χ4v) is 12.0. The molecule has 0 amide bonds. The number of hydrogen-bond acceptors (Lipinski definition) is 2. The first kappa shape index (κ1) is 29.8. The highest BCUT2D eigenvalue weighted by Gasteiger charge is 2.57. The summed E-state index contributed by atoms with van der Waals surface area (Å²) in [5.41, 5.74) is 7.60. The molecule has 2 aromatic carbocycles. The van der Waals surface area contributed by atoms with E-state index in [0.29, 0.717) is 17.8 Å². The number of ether oxygens (including phenoxy) is 2. The van der Waals surface area contributed by atoms with Crippen LogP contribution in [0.5, 0.6) is 0 Å². The van der Waals surface area contributed by atoms with E-state index in [-0.39, 0.29) is 10.3 Å². The highest BCUT2D eigenvalue weighted by Crippen LogP contribution is 2.68. The zero-order valence-electron chi connectivity index (χ0n) is 25.9. The van der Waals surface area contributed by atoms with E-state index < -0.39 is 13.7 Å². The lowest BCUT2D eigenvalue weighted by Crippen LogP contribution is -2.52. The second-order valence-corrected chi connectivity index (χ2v) is 18.1. The van der Waals surface area contributed by atoms with Crippen molar-refractivity contribution in [3.63, 3.8) is 0 Å². The van der Waals surface area contributed by atoms with E-state index in [1.807, 2.05) is 0 Å². The van der Waals surface area contributed by atoms with Gasteiger partial charge in [0.05, 0.1) is 13.2 Å². The monoisotopic (exact) mass is 536 g/mol. The van der Waals surface area contributed by atoms with Crippen LogP contribution in [0, 0.1) is 17.8 Å². The normalized spacial score (nSPS) is 20.8. The molecule has 1 spiro atoms. The summed E-state index contributed by atoms with van der Waals surface area (Å²) >= 11 is 0. The quantitative estimate of drug-likeness (QED) is 0.313. The standard InChI is InChI=1S/C35H53O2P/c1-24(2)17-27-20-28(18-25(3)4)32(29(21-27)19-26(5)6)30-13-11-12-14-31(30)38-33(7,8)22-35(23-34(38,9)10)36-15-16-37-35/h11-14,20-21,24-26H,15-19,22-23H2,1-10H3. The SMILES string of the molecule is CC(C)Cc1cc(CC(C)C)c(-c2ccccc2P2C(C)(C)CC3(CC2(C)C)OCCO3)c(CC(C)C)c1. The van der Waals surface area contributed by atoms with Crippen molar-refractivity contribution in [2.75, 3.05) is 13.2 Å². The van der Waals surface area contributed by atoms with Gasteiger partial charge in [-0.05, 0) is 80.5 Å². The second kappa shape index (κ2) is 11.3. The van der Waals surface area contributed by atoms with Crippen LogP contribution >= 0.6 is 7.92 Å². The van der Waals surface area contributed by atoms with Crippen molar-refractivity contribution in [1.29, 1.82) is 0 Å². The van der Waals surface area contributed by atoms with Gasteiger partial charge in [0.15, 0.2) is 5.79 Å². The number of hydrogen-bond donors (Lipinski definition) is 0. The summed E-state index contributed by atoms with van der Waals surface area (Å²) in [7, 11) is -0.487. The van der Waals surface area contributed by atoms with Crippen LogP contribution < -0.4 is 5.30 Å². The van der Waals surface area contributed by atoms with Crippen LogP contribution in [-0.2, 0) is 28.7 Å². The molecule has 0 aliphatic carbocycles. The van der Waals surface area contributed by atoms with E-state index >= 15 is 0 Å². The van der Waals surface area contributed by atoms with Crippen molar-refractivity contribution in [2.45, 2.75) is 117 Å². The van der Waals surface area contributed by atoms with Gasteiger partial charge in [0.25, 0.3) is 0 Å². The van der Waals surface area contributed by atoms with Crippen LogP contribution in [-0.4, -0.2) is 29.3 Å². The maximum atomic E-state index is 6.31. The Labute approximate surface area is 235 Å². The highest BCUT2D eigenvalue weighted by molar-refractivity contribution is 7.69. The Morgan fingerprint density at radius 3 is 1.66 bits per heavy atom. The molecule has 0 aromatic heterocycles. The van der Waals surface area contributed by atoms with Crippen LogP contribution in [0.3, 0.4) is 0 Å². The minimum atomic E-state index is -0.487. The van der Waals surface area contributed by atoms with Gasteiger partial charge >= 0.3 is 0 Å². The summed E-state index contributed by atoms with van der Waals surface area (Å²) < 4.78 is 12.6. The average molecular weight is 537 g/mol. The van der Waals surface area contributed by atoms with Crippen molar-refractivity contribution >= 4 is 13.2 Å². The fraction of sp³-hybridized carbons (Fsp3) is 0.657. The molecule has 38 heavy (non-hydrogen) atoms. The summed E-state index contributed by atoms with van der Waals surface area (Å²) in [6, 6.07) is 14.5. The Kier molecular flexibility index (Phi) is 8.89. The topological polar surface area (TPSA) is 18.5 Å². The van der Waals surface area contributed by atoms with Crippen LogP contribution in [0.1, 0.15) is 98.8 Å². The first-order valence-electron chi connectivity index (χ1n) is 15.1. The Balaban J connectivity index is 1.92. The lowest BCUT2D eigenvalue weighted by atomic mass is 9.84. The molecule has 2 heterocycles. The molecule has 0 bridgehead atoms. The van der Waals surface area contributed by atoms with Gasteiger partial charge in [0, 0.05) is 12.8 Å². The Morgan fingerprint density at radius 1 is 0.711 bits per heavy atom. The molecular formula is C35H53O2P. The summed E-state index contributed by atoms with van der Waals surface area (Å²) in [6.45, 7) is 25.5. The molecule has 2 aliphatic heterocycles. The third-order valence-corrected chi connectivity index (χ3v) is 11.7. The Hall–Kier alpha value is -1.21. The lowest BCUT2D eigenvalue weighted by molar-refractivity contribution is -0.178. The van der Waals surface area contributed by atoms with E-state index in [1.165, 1.54) is 16.7 Å². The maximum absolute atomic E-state index is 6.31. The van der Waals surface area contributed by atoms with Gasteiger partial charge in [-0.3, -0.25) is 0 Å². The van der Waals surface area contributed by atoms with Crippen molar-refractivity contribution < 1.29 is 9.47 Å². The van der Waals surface area contributed by atoms with Gasteiger partial charge in [-0.25, -0.2) is 0 Å². The fourth-order valence-electron chi connectivity index (χ4n) is 7.57. The molecule has 210 valence electrons. The third-order valence-electron chi connectivity index (χ3n) is 8.10. The molecule has 3 heteroatoms. The zero-order valence-corrected chi connectivity index (χ0v) is 26.8. The summed E-state index contributed by atoms with van der Waals surface area (Å²) in [4.78, 5) is 0. The largest absolute Gasteiger partial charge is 0.347 e. The van der Waals surface area contributed by atoms with E-state index in [2.05, 4.69) is 106 Å². The molecule has 4 rings (SSSR count). The molecule has 2 aliphatic rings. The molecule has 0 radical (unpaired) electrons. The zero-order chi connectivity index (χ0) is 27.9. The van der Waals surface area contributed by atoms with Gasteiger partial charge in [-0.2, -0.15) is 0 Å². The lowest BCUT2D eigenvalue weighted by Gasteiger charge is -2.55. The van der Waals surface area contributed by atoms with Gasteiger partial charge in [-0.1, -0.05) is 114 Å². The van der Waals surface area contributed by atoms with Crippen LogP contribution in [0.15, 0.2) is 36.4 Å². The molecule has 0 saturated carbocycles. The first-order valence-corrected chi connectivity index (χ1v) is 16.4. The molecule has 2 nitrogen and oxygen atoms in total. The molecule has 0 unspecified atom stereocenters. The molecule has 2 saturated heterocycles. The van der Waals surface area contributed by atoms with E-state index in [4.69, 9.17) is 9.47 Å². The van der Waals surface area contributed by atoms with Crippen molar-refractivity contribution in [2.24, 2.45) is 17.8 Å². The number of rotatable bonds is 8.